The molecule has 0 atom stereocenters. The van der Waals surface area contributed by atoms with Crippen LogP contribution >= 0.6 is 0 Å². The van der Waals surface area contributed by atoms with Crippen molar-refractivity contribution in [3.05, 3.63) is 35.5 Å². The van der Waals surface area contributed by atoms with Crippen LogP contribution in [0.3, 0.4) is 0 Å². The summed E-state index contributed by atoms with van der Waals surface area (Å²) in [6, 6.07) is 4.09. The maximum atomic E-state index is 13.6. The van der Waals surface area contributed by atoms with Gasteiger partial charge in [0, 0.05) is 5.56 Å². The van der Waals surface area contributed by atoms with Crippen LogP contribution in [0.5, 0.6) is 5.75 Å². The Kier molecular flexibility index (Phi) is 2.60. The number of aromatic amines is 1. The van der Waals surface area contributed by atoms with Gasteiger partial charge in [-0.15, -0.1) is 0 Å². The molecule has 0 aliphatic rings. The molecule has 1 aromatic heterocycles. The van der Waals surface area contributed by atoms with Gasteiger partial charge in [0.1, 0.15) is 5.69 Å². The lowest BCUT2D eigenvalue weighted by Crippen LogP contribution is -1.90. The highest BCUT2D eigenvalue weighted by Crippen LogP contribution is 2.27. The highest BCUT2D eigenvalue weighted by molar-refractivity contribution is 5.62. The molecule has 1 aromatic carbocycles. The molecule has 0 saturated carbocycles. The number of ether oxygens (including phenoxy) is 1. The van der Waals surface area contributed by atoms with Gasteiger partial charge < -0.3 is 4.74 Å². The van der Waals surface area contributed by atoms with Crippen LogP contribution in [0, 0.1) is 18.6 Å². The van der Waals surface area contributed by atoms with Crippen LogP contribution in [0.4, 0.5) is 8.78 Å². The average Bonchev–Trinajstić information content (AvgIpc) is 2.61. The number of aryl methyl sites for hydroxylation is 1. The Hall–Kier alpha value is -1.91. The number of methoxy groups -OCH3 is 1. The first-order valence-electron chi connectivity index (χ1n) is 4.68. The lowest BCUT2D eigenvalue weighted by Gasteiger charge is -2.03. The smallest absolute Gasteiger partial charge is 0.171 e. The normalized spacial score (nSPS) is 10.5. The molecule has 16 heavy (non-hydrogen) atoms. The molecule has 0 saturated heterocycles. The number of rotatable bonds is 2. The van der Waals surface area contributed by atoms with Crippen LogP contribution in [0.15, 0.2) is 18.2 Å². The number of nitrogens with one attached hydrogen (secondary N) is 1. The van der Waals surface area contributed by atoms with Crippen molar-refractivity contribution in [3.63, 3.8) is 0 Å². The van der Waals surface area contributed by atoms with Gasteiger partial charge in [0.05, 0.1) is 12.8 Å². The molecule has 3 nitrogen and oxygen atoms in total. The van der Waals surface area contributed by atoms with Crippen molar-refractivity contribution in [2.45, 2.75) is 6.92 Å². The van der Waals surface area contributed by atoms with E-state index in [0.717, 1.165) is 0 Å². The van der Waals surface area contributed by atoms with Crippen molar-refractivity contribution in [3.8, 4) is 17.0 Å². The van der Waals surface area contributed by atoms with E-state index in [0.29, 0.717) is 11.3 Å². The quantitative estimate of drug-likeness (QED) is 0.851. The van der Waals surface area contributed by atoms with Crippen LogP contribution in [-0.2, 0) is 0 Å². The second kappa shape index (κ2) is 3.92. The Labute approximate surface area is 91.1 Å². The number of halogens is 2. The first-order chi connectivity index (χ1) is 7.63. The van der Waals surface area contributed by atoms with E-state index in [1.807, 2.05) is 0 Å². The van der Waals surface area contributed by atoms with Gasteiger partial charge in [0.15, 0.2) is 17.4 Å². The Balaban J connectivity index is 2.52. The van der Waals surface area contributed by atoms with E-state index in [1.165, 1.54) is 25.3 Å². The minimum absolute atomic E-state index is 0.0672. The Bertz CT molecular complexity index is 523. The third kappa shape index (κ3) is 1.64. The summed E-state index contributed by atoms with van der Waals surface area (Å²) in [6.45, 7) is 1.58. The summed E-state index contributed by atoms with van der Waals surface area (Å²) in [6.07, 6.45) is 0. The average molecular weight is 224 g/mol. The Morgan fingerprint density at radius 2 is 2.06 bits per heavy atom. The molecule has 84 valence electrons. The summed E-state index contributed by atoms with van der Waals surface area (Å²) in [7, 11) is 1.36. The van der Waals surface area contributed by atoms with Crippen molar-refractivity contribution in [1.29, 1.82) is 0 Å². The maximum absolute atomic E-state index is 13.6. The molecule has 5 heteroatoms. The monoisotopic (exact) mass is 224 g/mol. The molecule has 0 radical (unpaired) electrons. The Morgan fingerprint density at radius 3 is 2.62 bits per heavy atom. The topological polar surface area (TPSA) is 37.9 Å². The zero-order chi connectivity index (χ0) is 11.7. The van der Waals surface area contributed by atoms with Gasteiger partial charge in [-0.1, -0.05) is 0 Å². The van der Waals surface area contributed by atoms with Gasteiger partial charge in [-0.3, -0.25) is 5.10 Å². The highest BCUT2D eigenvalue weighted by atomic mass is 19.1. The van der Waals surface area contributed by atoms with Gasteiger partial charge in [0.25, 0.3) is 0 Å². The van der Waals surface area contributed by atoms with Crippen LogP contribution < -0.4 is 4.74 Å². The molecule has 0 aliphatic heterocycles. The van der Waals surface area contributed by atoms with Crippen molar-refractivity contribution in [2.75, 3.05) is 7.11 Å². The third-order valence-electron chi connectivity index (χ3n) is 2.30. The maximum Gasteiger partial charge on any atom is 0.171 e. The van der Waals surface area contributed by atoms with Gasteiger partial charge in [-0.2, -0.15) is 5.10 Å². The van der Waals surface area contributed by atoms with E-state index < -0.39 is 11.6 Å². The van der Waals surface area contributed by atoms with Gasteiger partial charge in [-0.25, -0.2) is 8.78 Å². The molecule has 0 aliphatic carbocycles. The second-order valence-electron chi connectivity index (χ2n) is 3.36. The number of nitrogens with zero attached hydrogens (tertiary/aromatic N) is 1. The predicted octanol–water partition coefficient (Wildman–Crippen LogP) is 2.67. The SMILES string of the molecule is COc1cc(-c2n[nH]c(C)c2F)ccc1F. The van der Waals surface area contributed by atoms with Gasteiger partial charge in [0.2, 0.25) is 0 Å². The summed E-state index contributed by atoms with van der Waals surface area (Å²) in [4.78, 5) is 0. The number of H-pyrrole nitrogens is 1. The van der Waals surface area contributed by atoms with E-state index >= 15 is 0 Å². The standard InChI is InChI=1S/C11H10F2N2O/c1-6-10(13)11(15-14-6)7-3-4-8(12)9(5-7)16-2/h3-5H,1-2H3,(H,14,15). The summed E-state index contributed by atoms with van der Waals surface area (Å²) < 4.78 is 31.5. The first kappa shape index (κ1) is 10.6. The molecule has 0 unspecified atom stereocenters. The number of hydrogen-bond donors (Lipinski definition) is 1. The van der Waals surface area contributed by atoms with Crippen molar-refractivity contribution in [1.82, 2.24) is 10.2 Å². The molecule has 1 N–H and O–H groups in total. The molecule has 0 bridgehead atoms. The number of hydrogen-bond acceptors (Lipinski definition) is 2. The first-order valence-corrected chi connectivity index (χ1v) is 4.68. The molecule has 0 amide bonds. The molecule has 2 aromatic rings. The zero-order valence-electron chi connectivity index (χ0n) is 8.84. The van der Waals surface area contributed by atoms with Crippen molar-refractivity contribution in [2.24, 2.45) is 0 Å². The molecule has 0 fully saturated rings. The number of aromatic nitrogens is 2. The molecule has 2 rings (SSSR count). The second-order valence-corrected chi connectivity index (χ2v) is 3.36. The minimum atomic E-state index is -0.487. The van der Waals surface area contributed by atoms with Crippen LogP contribution in [-0.4, -0.2) is 17.3 Å². The molecule has 0 spiro atoms. The fourth-order valence-corrected chi connectivity index (χ4v) is 1.41. The van der Waals surface area contributed by atoms with E-state index in [-0.39, 0.29) is 11.4 Å². The number of benzene rings is 1. The third-order valence-corrected chi connectivity index (χ3v) is 2.30. The summed E-state index contributed by atoms with van der Waals surface area (Å²) in [5, 5.41) is 6.34. The largest absolute Gasteiger partial charge is 0.494 e. The van der Waals surface area contributed by atoms with E-state index in [9.17, 15) is 8.78 Å². The van der Waals surface area contributed by atoms with Crippen LogP contribution in [0.2, 0.25) is 0 Å². The van der Waals surface area contributed by atoms with Crippen molar-refractivity contribution < 1.29 is 13.5 Å². The molecular weight excluding hydrogens is 214 g/mol. The van der Waals surface area contributed by atoms with Gasteiger partial charge >= 0.3 is 0 Å². The minimum Gasteiger partial charge on any atom is -0.494 e. The van der Waals surface area contributed by atoms with Crippen LogP contribution in [0.1, 0.15) is 5.69 Å². The fourth-order valence-electron chi connectivity index (χ4n) is 1.41. The predicted molar refractivity (Wildman–Crippen MR) is 55.2 cm³/mol. The molecule has 1 heterocycles. The lowest BCUT2D eigenvalue weighted by molar-refractivity contribution is 0.386. The molecular formula is C11H10F2N2O. The summed E-state index contributed by atoms with van der Waals surface area (Å²) in [5.41, 5.74) is 0.981. The van der Waals surface area contributed by atoms with E-state index in [1.54, 1.807) is 6.92 Å². The fraction of sp³-hybridized carbons (Fsp3) is 0.182. The summed E-state index contributed by atoms with van der Waals surface area (Å²) >= 11 is 0. The van der Waals surface area contributed by atoms with E-state index in [4.69, 9.17) is 4.74 Å². The van der Waals surface area contributed by atoms with Crippen LogP contribution in [0.25, 0.3) is 11.3 Å². The Morgan fingerprint density at radius 1 is 1.31 bits per heavy atom. The highest BCUT2D eigenvalue weighted by Gasteiger charge is 2.13. The zero-order valence-corrected chi connectivity index (χ0v) is 8.84. The lowest BCUT2D eigenvalue weighted by atomic mass is 10.1. The van der Waals surface area contributed by atoms with Crippen molar-refractivity contribution >= 4 is 0 Å². The summed E-state index contributed by atoms with van der Waals surface area (Å²) in [5.74, 6) is -0.856. The van der Waals surface area contributed by atoms with Gasteiger partial charge in [-0.05, 0) is 25.1 Å². The van der Waals surface area contributed by atoms with E-state index in [2.05, 4.69) is 10.2 Å².